The summed E-state index contributed by atoms with van der Waals surface area (Å²) in [6.07, 6.45) is 0. The van der Waals surface area contributed by atoms with Gasteiger partial charge in [-0.05, 0) is 41.5 Å². The summed E-state index contributed by atoms with van der Waals surface area (Å²) in [4.78, 5) is 0. The van der Waals surface area contributed by atoms with Gasteiger partial charge in [-0.15, -0.1) is 0 Å². The smallest absolute Gasteiger partial charge is 0.0426 e. The molecular weight excluding hydrogens is 295 g/mol. The molecule has 0 saturated carbocycles. The molecule has 0 aliphatic carbocycles. The van der Waals surface area contributed by atoms with E-state index < -0.39 is 0 Å². The zero-order chi connectivity index (χ0) is 10.8. The highest BCUT2D eigenvalue weighted by Crippen LogP contribution is 2.27. The second-order valence-corrected chi connectivity index (χ2v) is 4.95. The first kappa shape index (κ1) is 11.0. The highest BCUT2D eigenvalue weighted by Gasteiger charge is 2.00. The van der Waals surface area contributed by atoms with Crippen molar-refractivity contribution in [2.45, 2.75) is 0 Å². The van der Waals surface area contributed by atoms with Crippen LogP contribution in [0.15, 0.2) is 46.9 Å². The molecule has 0 heterocycles. The van der Waals surface area contributed by atoms with Crippen LogP contribution in [0.25, 0.3) is 11.1 Å². The first-order valence-corrected chi connectivity index (χ1v) is 5.92. The van der Waals surface area contributed by atoms with Crippen LogP contribution in [0.5, 0.6) is 0 Å². The molecule has 0 aliphatic rings. The Morgan fingerprint density at radius 3 is 1.80 bits per heavy atom. The molecule has 2 aromatic rings. The average molecular weight is 302 g/mol. The minimum absolute atomic E-state index is 0.653. The predicted octanol–water partition coefficient (Wildman–Crippen LogP) is 5.42. The Bertz CT molecular complexity index is 457. The van der Waals surface area contributed by atoms with Gasteiger partial charge in [0.2, 0.25) is 0 Å². The van der Waals surface area contributed by atoms with E-state index in [1.54, 1.807) is 6.07 Å². The monoisotopic (exact) mass is 300 g/mol. The molecule has 2 rings (SSSR count). The van der Waals surface area contributed by atoms with E-state index in [1.807, 2.05) is 36.4 Å². The second-order valence-electron chi connectivity index (χ2n) is 3.17. The number of hydrogen-bond donors (Lipinski definition) is 0. The van der Waals surface area contributed by atoms with Crippen LogP contribution >= 0.6 is 39.1 Å². The molecule has 76 valence electrons. The molecule has 2 aromatic carbocycles. The van der Waals surface area contributed by atoms with Crippen molar-refractivity contribution in [2.24, 2.45) is 0 Å². The molecule has 15 heavy (non-hydrogen) atoms. The maximum absolute atomic E-state index is 5.94. The summed E-state index contributed by atoms with van der Waals surface area (Å²) in [6.45, 7) is 0. The van der Waals surface area contributed by atoms with Crippen LogP contribution in [0.3, 0.4) is 0 Å². The Balaban J connectivity index is 2.49. The minimum Gasteiger partial charge on any atom is -0.0843 e. The third kappa shape index (κ3) is 2.75. The first-order chi connectivity index (χ1) is 7.15. The SMILES string of the molecule is Clc1cc(Cl)cc(-c2ccc(Br)cc2)c1. The molecule has 0 spiro atoms. The molecule has 0 unspecified atom stereocenters. The predicted molar refractivity (Wildman–Crippen MR) is 69.6 cm³/mol. The van der Waals surface area contributed by atoms with Crippen LogP contribution in [0.2, 0.25) is 10.0 Å². The lowest BCUT2D eigenvalue weighted by molar-refractivity contribution is 1.59. The fourth-order valence-corrected chi connectivity index (χ4v) is 2.15. The van der Waals surface area contributed by atoms with Crippen LogP contribution in [0.4, 0.5) is 0 Å². The molecule has 0 N–H and O–H groups in total. The molecule has 0 amide bonds. The topological polar surface area (TPSA) is 0 Å². The van der Waals surface area contributed by atoms with Crippen molar-refractivity contribution in [3.05, 3.63) is 57.0 Å². The van der Waals surface area contributed by atoms with E-state index in [0.717, 1.165) is 15.6 Å². The van der Waals surface area contributed by atoms with Crippen molar-refractivity contribution in [1.82, 2.24) is 0 Å². The Kier molecular flexibility index (Phi) is 3.35. The Morgan fingerprint density at radius 2 is 1.27 bits per heavy atom. The van der Waals surface area contributed by atoms with E-state index in [0.29, 0.717) is 10.0 Å². The molecule has 0 bridgehead atoms. The maximum atomic E-state index is 5.94. The maximum Gasteiger partial charge on any atom is 0.0426 e. The summed E-state index contributed by atoms with van der Waals surface area (Å²) in [5.74, 6) is 0. The molecular formula is C12H7BrCl2. The minimum atomic E-state index is 0.653. The van der Waals surface area contributed by atoms with Crippen LogP contribution in [0.1, 0.15) is 0 Å². The molecule has 0 atom stereocenters. The Labute approximate surface area is 107 Å². The number of rotatable bonds is 1. The fraction of sp³-hybridized carbons (Fsp3) is 0. The summed E-state index contributed by atoms with van der Waals surface area (Å²) in [7, 11) is 0. The number of halogens is 3. The fourth-order valence-electron chi connectivity index (χ4n) is 1.36. The average Bonchev–Trinajstić information content (AvgIpc) is 2.17. The molecule has 0 aliphatic heterocycles. The van der Waals surface area contributed by atoms with Crippen LogP contribution in [0, 0.1) is 0 Å². The van der Waals surface area contributed by atoms with Crippen molar-refractivity contribution in [3.63, 3.8) is 0 Å². The van der Waals surface area contributed by atoms with Gasteiger partial charge in [-0.3, -0.25) is 0 Å². The van der Waals surface area contributed by atoms with Gasteiger partial charge < -0.3 is 0 Å². The first-order valence-electron chi connectivity index (χ1n) is 4.37. The van der Waals surface area contributed by atoms with Gasteiger partial charge >= 0.3 is 0 Å². The molecule has 0 saturated heterocycles. The Hall–Kier alpha value is -0.500. The van der Waals surface area contributed by atoms with E-state index in [-0.39, 0.29) is 0 Å². The quantitative estimate of drug-likeness (QED) is 0.659. The van der Waals surface area contributed by atoms with E-state index in [4.69, 9.17) is 23.2 Å². The highest BCUT2D eigenvalue weighted by molar-refractivity contribution is 9.10. The van der Waals surface area contributed by atoms with Gasteiger partial charge in [-0.25, -0.2) is 0 Å². The van der Waals surface area contributed by atoms with Gasteiger partial charge in [-0.2, -0.15) is 0 Å². The van der Waals surface area contributed by atoms with Gasteiger partial charge in [-0.1, -0.05) is 51.3 Å². The molecule has 0 radical (unpaired) electrons. The molecule has 0 fully saturated rings. The summed E-state index contributed by atoms with van der Waals surface area (Å²) < 4.78 is 1.05. The van der Waals surface area contributed by atoms with Crippen LogP contribution < -0.4 is 0 Å². The second kappa shape index (κ2) is 4.56. The normalized spacial score (nSPS) is 10.3. The standard InChI is InChI=1S/C12H7BrCl2/c13-10-3-1-8(2-4-10)9-5-11(14)7-12(15)6-9/h1-7H. The van der Waals surface area contributed by atoms with Crippen LogP contribution in [-0.2, 0) is 0 Å². The summed E-state index contributed by atoms with van der Waals surface area (Å²) in [5.41, 5.74) is 2.13. The summed E-state index contributed by atoms with van der Waals surface area (Å²) in [6, 6.07) is 13.5. The molecule has 0 aromatic heterocycles. The lowest BCUT2D eigenvalue weighted by atomic mass is 10.1. The highest BCUT2D eigenvalue weighted by atomic mass is 79.9. The Morgan fingerprint density at radius 1 is 0.733 bits per heavy atom. The van der Waals surface area contributed by atoms with Gasteiger partial charge in [0.25, 0.3) is 0 Å². The van der Waals surface area contributed by atoms with E-state index in [2.05, 4.69) is 15.9 Å². The largest absolute Gasteiger partial charge is 0.0843 e. The van der Waals surface area contributed by atoms with E-state index in [1.165, 1.54) is 0 Å². The van der Waals surface area contributed by atoms with Crippen molar-refractivity contribution < 1.29 is 0 Å². The van der Waals surface area contributed by atoms with Crippen molar-refractivity contribution >= 4 is 39.1 Å². The summed E-state index contributed by atoms with van der Waals surface area (Å²) in [5, 5.41) is 1.31. The zero-order valence-corrected chi connectivity index (χ0v) is 10.8. The van der Waals surface area contributed by atoms with Gasteiger partial charge in [0, 0.05) is 14.5 Å². The van der Waals surface area contributed by atoms with Crippen LogP contribution in [-0.4, -0.2) is 0 Å². The lowest BCUT2D eigenvalue weighted by Crippen LogP contribution is -1.78. The summed E-state index contributed by atoms with van der Waals surface area (Å²) >= 11 is 15.3. The van der Waals surface area contributed by atoms with E-state index in [9.17, 15) is 0 Å². The zero-order valence-electron chi connectivity index (χ0n) is 7.68. The van der Waals surface area contributed by atoms with Crippen molar-refractivity contribution in [3.8, 4) is 11.1 Å². The number of benzene rings is 2. The molecule has 3 heteroatoms. The third-order valence-corrected chi connectivity index (χ3v) is 3.01. The number of hydrogen-bond acceptors (Lipinski definition) is 0. The van der Waals surface area contributed by atoms with Gasteiger partial charge in [0.15, 0.2) is 0 Å². The molecule has 0 nitrogen and oxygen atoms in total. The van der Waals surface area contributed by atoms with E-state index >= 15 is 0 Å². The third-order valence-electron chi connectivity index (χ3n) is 2.04. The lowest BCUT2D eigenvalue weighted by Gasteiger charge is -2.03. The van der Waals surface area contributed by atoms with Crippen molar-refractivity contribution in [2.75, 3.05) is 0 Å². The van der Waals surface area contributed by atoms with Gasteiger partial charge in [0.05, 0.1) is 0 Å². The van der Waals surface area contributed by atoms with Crippen molar-refractivity contribution in [1.29, 1.82) is 0 Å². The van der Waals surface area contributed by atoms with Gasteiger partial charge in [0.1, 0.15) is 0 Å².